The summed E-state index contributed by atoms with van der Waals surface area (Å²) in [5, 5.41) is 9.25. The number of aliphatic carboxylic acids is 1. The highest BCUT2D eigenvalue weighted by Gasteiger charge is 2.21. The van der Waals surface area contributed by atoms with Crippen LogP contribution in [-0.4, -0.2) is 49.8 Å². The minimum Gasteiger partial charge on any atom is -0.496 e. The van der Waals surface area contributed by atoms with E-state index in [0.29, 0.717) is 20.6 Å². The molecule has 2 heterocycles. The van der Waals surface area contributed by atoms with Crippen molar-refractivity contribution in [2.45, 2.75) is 32.1 Å². The van der Waals surface area contributed by atoms with Gasteiger partial charge in [-0.15, -0.1) is 22.7 Å². The number of hydrogen-bond acceptors (Lipinski definition) is 9. The normalized spacial score (nSPS) is 11.3. The monoisotopic (exact) mass is 616 g/mol. The molecule has 220 valence electrons. The Morgan fingerprint density at radius 3 is 2.02 bits per heavy atom. The quantitative estimate of drug-likeness (QED) is 0.0854. The van der Waals surface area contributed by atoms with E-state index in [4.69, 9.17) is 19.3 Å². The van der Waals surface area contributed by atoms with Gasteiger partial charge in [0.15, 0.2) is 28.9 Å². The Morgan fingerprint density at radius 1 is 0.833 bits per heavy atom. The molecule has 1 N–H and O–H groups in total. The Hall–Kier alpha value is -4.16. The van der Waals surface area contributed by atoms with Crippen LogP contribution in [0.3, 0.4) is 0 Å². The van der Waals surface area contributed by atoms with E-state index in [1.165, 1.54) is 32.4 Å². The maximum Gasteiger partial charge on any atom is 0.303 e. The summed E-state index contributed by atoms with van der Waals surface area (Å²) in [5.41, 5.74) is 0.155. The average molecular weight is 617 g/mol. The molecule has 0 aliphatic rings. The van der Waals surface area contributed by atoms with Gasteiger partial charge >= 0.3 is 5.97 Å². The van der Waals surface area contributed by atoms with Crippen molar-refractivity contribution in [3.8, 4) is 17.2 Å². The second-order valence-electron chi connectivity index (χ2n) is 9.06. The van der Waals surface area contributed by atoms with E-state index in [2.05, 4.69) is 0 Å². The molecule has 0 aliphatic carbocycles. The van der Waals surface area contributed by atoms with Crippen molar-refractivity contribution in [3.63, 3.8) is 0 Å². The predicted octanol–water partition coefficient (Wildman–Crippen LogP) is 7.10. The van der Waals surface area contributed by atoms with Crippen molar-refractivity contribution < 1.29 is 47.3 Å². The van der Waals surface area contributed by atoms with Crippen LogP contribution in [0.2, 0.25) is 0 Å². The fourth-order valence-electron chi connectivity index (χ4n) is 4.21. The van der Waals surface area contributed by atoms with Gasteiger partial charge in [0.1, 0.15) is 17.9 Å². The number of rotatable bonds is 15. The van der Waals surface area contributed by atoms with Gasteiger partial charge in [0, 0.05) is 45.5 Å². The number of benzene rings is 2. The number of Topliss-reactive ketones (excluding diaryl/α,β-unsaturated/α-hetero) is 2. The van der Waals surface area contributed by atoms with E-state index in [-0.39, 0.29) is 88.7 Å². The zero-order valence-electron chi connectivity index (χ0n) is 22.7. The molecule has 2 aromatic heterocycles. The lowest BCUT2D eigenvalue weighted by Gasteiger charge is -2.11. The van der Waals surface area contributed by atoms with Gasteiger partial charge in [-0.2, -0.15) is 0 Å². The largest absolute Gasteiger partial charge is 0.496 e. The van der Waals surface area contributed by atoms with Crippen molar-refractivity contribution in [2.75, 3.05) is 20.8 Å². The molecular weight excluding hydrogens is 590 g/mol. The first-order valence-electron chi connectivity index (χ1n) is 12.8. The molecule has 0 atom stereocenters. The number of ketones is 2. The summed E-state index contributed by atoms with van der Waals surface area (Å²) in [6.45, 7) is 0.0252. The number of thiophene rings is 2. The van der Waals surface area contributed by atoms with Gasteiger partial charge in [-0.3, -0.25) is 14.4 Å². The molecule has 2 aromatic carbocycles. The van der Waals surface area contributed by atoms with E-state index >= 15 is 8.78 Å². The number of carboxylic acids is 1. The Morgan fingerprint density at radius 2 is 1.43 bits per heavy atom. The van der Waals surface area contributed by atoms with Gasteiger partial charge in [0.25, 0.3) is 0 Å². The molecule has 0 amide bonds. The highest BCUT2D eigenvalue weighted by atomic mass is 32.1. The molecule has 0 fully saturated rings. The molecular formula is C30H26F2O8S2. The number of fused-ring (bicyclic) bond motifs is 2. The van der Waals surface area contributed by atoms with Crippen molar-refractivity contribution in [2.24, 2.45) is 0 Å². The van der Waals surface area contributed by atoms with Gasteiger partial charge in [-0.1, -0.05) is 12.2 Å². The van der Waals surface area contributed by atoms with Gasteiger partial charge in [-0.25, -0.2) is 8.78 Å². The first-order chi connectivity index (χ1) is 20.2. The number of aldehydes is 1. The highest BCUT2D eigenvalue weighted by Crippen LogP contribution is 2.40. The third-order valence-electron chi connectivity index (χ3n) is 6.30. The molecule has 0 saturated heterocycles. The second-order valence-corrected chi connectivity index (χ2v) is 11.2. The first kappa shape index (κ1) is 30.8. The first-order valence-corrected chi connectivity index (χ1v) is 14.4. The van der Waals surface area contributed by atoms with Crippen LogP contribution in [0.25, 0.3) is 26.2 Å². The molecule has 4 aromatic rings. The summed E-state index contributed by atoms with van der Waals surface area (Å²) >= 11 is 2.17. The molecule has 0 spiro atoms. The number of halogens is 2. The molecule has 0 unspecified atom stereocenters. The van der Waals surface area contributed by atoms with Crippen LogP contribution in [0.1, 0.15) is 57.0 Å². The number of methoxy groups -OCH3 is 2. The lowest BCUT2D eigenvalue weighted by Crippen LogP contribution is -2.01. The van der Waals surface area contributed by atoms with Crippen molar-refractivity contribution in [3.05, 3.63) is 57.3 Å². The third-order valence-corrected chi connectivity index (χ3v) is 8.55. The minimum atomic E-state index is -1.09. The maximum atomic E-state index is 15.4. The fourth-order valence-corrected chi connectivity index (χ4v) is 6.31. The summed E-state index contributed by atoms with van der Waals surface area (Å²) in [6.07, 6.45) is 3.71. The Bertz CT molecular complexity index is 1700. The zero-order valence-corrected chi connectivity index (χ0v) is 24.3. The minimum absolute atomic E-state index is 0.0252. The van der Waals surface area contributed by atoms with Crippen LogP contribution >= 0.6 is 22.7 Å². The van der Waals surface area contributed by atoms with Crippen LogP contribution in [0.5, 0.6) is 17.2 Å². The average Bonchev–Trinajstić information content (AvgIpc) is 3.61. The lowest BCUT2D eigenvalue weighted by molar-refractivity contribution is -0.137. The topological polar surface area (TPSA) is 116 Å². The summed E-state index contributed by atoms with van der Waals surface area (Å²) < 4.78 is 48.1. The predicted molar refractivity (Wildman–Crippen MR) is 157 cm³/mol. The second kappa shape index (κ2) is 13.7. The smallest absolute Gasteiger partial charge is 0.303 e. The van der Waals surface area contributed by atoms with E-state index in [0.717, 1.165) is 22.7 Å². The van der Waals surface area contributed by atoms with Crippen LogP contribution in [0, 0.1) is 11.6 Å². The molecule has 42 heavy (non-hydrogen) atoms. The van der Waals surface area contributed by atoms with Crippen LogP contribution in [0.15, 0.2) is 30.3 Å². The van der Waals surface area contributed by atoms with Gasteiger partial charge in [0.2, 0.25) is 0 Å². The molecule has 0 saturated carbocycles. The summed E-state index contributed by atoms with van der Waals surface area (Å²) in [7, 11) is 2.77. The number of carbonyl (C=O) groups excluding carboxylic acids is 3. The fraction of sp³-hybridized carbons (Fsp3) is 0.267. The summed E-state index contributed by atoms with van der Waals surface area (Å²) in [5.74, 6) is -2.71. The third kappa shape index (κ3) is 6.66. The van der Waals surface area contributed by atoms with Gasteiger partial charge in [-0.05, 0) is 24.6 Å². The van der Waals surface area contributed by atoms with E-state index in [1.807, 2.05) is 0 Å². The number of carbonyl (C=O) groups is 4. The summed E-state index contributed by atoms with van der Waals surface area (Å²) in [4.78, 5) is 46.6. The number of carboxylic acid groups (broad SMARTS) is 1. The SMILES string of the molecule is COc1cc2sc(C(=O)CCC(=O)O)cc2c(F)c1/C=C/CCOc1c(OC)cc2sc(C(=O)CCC=O)cc2c1F. The molecule has 8 nitrogen and oxygen atoms in total. The van der Waals surface area contributed by atoms with Crippen LogP contribution < -0.4 is 14.2 Å². The number of hydrogen-bond donors (Lipinski definition) is 1. The van der Waals surface area contributed by atoms with Crippen molar-refractivity contribution >= 4 is 72.7 Å². The molecule has 12 heteroatoms. The van der Waals surface area contributed by atoms with E-state index < -0.39 is 17.6 Å². The van der Waals surface area contributed by atoms with E-state index in [1.54, 1.807) is 18.2 Å². The standard InChI is InChI=1S/C30H26F2O8S2/c1-38-21-14-23-17(12-26(41-23)20(35)8-9-27(36)37)28(31)16(21)6-3-4-11-40-30-22(39-2)15-24-18(29(30)32)13-25(42-24)19(34)7-5-10-33/h3,6,10,12-15H,4-5,7-9,11H2,1-2H3,(H,36,37)/b6-3+. The van der Waals surface area contributed by atoms with Crippen LogP contribution in [-0.2, 0) is 9.59 Å². The Labute approximate surface area is 247 Å². The van der Waals surface area contributed by atoms with Gasteiger partial charge in [0.05, 0.1) is 42.6 Å². The van der Waals surface area contributed by atoms with Gasteiger partial charge < -0.3 is 24.1 Å². The van der Waals surface area contributed by atoms with E-state index in [9.17, 15) is 19.2 Å². The molecule has 0 bridgehead atoms. The van der Waals surface area contributed by atoms with Crippen molar-refractivity contribution in [1.82, 2.24) is 0 Å². The van der Waals surface area contributed by atoms with Crippen LogP contribution in [0.4, 0.5) is 8.78 Å². The zero-order chi connectivity index (χ0) is 30.4. The maximum absolute atomic E-state index is 15.4. The highest BCUT2D eigenvalue weighted by molar-refractivity contribution is 7.21. The summed E-state index contributed by atoms with van der Waals surface area (Å²) in [6, 6.07) is 6.05. The Kier molecular flexibility index (Phi) is 10.0. The molecule has 0 aliphatic heterocycles. The Balaban J connectivity index is 1.49. The van der Waals surface area contributed by atoms with Crippen molar-refractivity contribution in [1.29, 1.82) is 0 Å². The number of ether oxygens (including phenoxy) is 3. The molecule has 4 rings (SSSR count). The lowest BCUT2D eigenvalue weighted by atomic mass is 10.1. The molecule has 0 radical (unpaired) electrons.